The molecule has 1 aliphatic rings. The van der Waals surface area contributed by atoms with Crippen LogP contribution in [0, 0.1) is 0 Å². The minimum Gasteiger partial charge on any atom is -0.423 e. The number of hydrogen-bond donors (Lipinski definition) is 1. The van der Waals surface area contributed by atoms with E-state index in [9.17, 15) is 18.2 Å². The van der Waals surface area contributed by atoms with Crippen molar-refractivity contribution in [2.24, 2.45) is 0 Å². The van der Waals surface area contributed by atoms with Gasteiger partial charge in [-0.2, -0.15) is 13.2 Å². The maximum Gasteiger partial charge on any atom is 0.491 e. The zero-order valence-corrected chi connectivity index (χ0v) is 7.88. The van der Waals surface area contributed by atoms with Crippen LogP contribution < -0.4 is 5.46 Å². The first kappa shape index (κ1) is 10.5. The molecular formula is C9H8BF3O2. The van der Waals surface area contributed by atoms with Crippen LogP contribution in [0.5, 0.6) is 0 Å². The van der Waals surface area contributed by atoms with Crippen LogP contribution in [-0.4, -0.2) is 12.1 Å². The summed E-state index contributed by atoms with van der Waals surface area (Å²) < 4.78 is 42.1. The van der Waals surface area contributed by atoms with Crippen molar-refractivity contribution in [3.63, 3.8) is 0 Å². The monoisotopic (exact) mass is 216 g/mol. The summed E-state index contributed by atoms with van der Waals surface area (Å²) in [6.45, 7) is 1.61. The van der Waals surface area contributed by atoms with Crippen LogP contribution in [0.2, 0.25) is 0 Å². The average Bonchev–Trinajstić information content (AvgIpc) is 2.41. The van der Waals surface area contributed by atoms with E-state index >= 15 is 0 Å². The van der Waals surface area contributed by atoms with Crippen molar-refractivity contribution in [1.82, 2.24) is 0 Å². The largest absolute Gasteiger partial charge is 0.491 e. The summed E-state index contributed by atoms with van der Waals surface area (Å²) in [6, 6.07) is 3.23. The van der Waals surface area contributed by atoms with Gasteiger partial charge in [0.2, 0.25) is 0 Å². The summed E-state index contributed by atoms with van der Waals surface area (Å²) in [6.07, 6.45) is -4.86. The van der Waals surface area contributed by atoms with E-state index in [2.05, 4.69) is 0 Å². The molecule has 80 valence electrons. The van der Waals surface area contributed by atoms with Crippen molar-refractivity contribution in [1.29, 1.82) is 0 Å². The quantitative estimate of drug-likeness (QED) is 0.665. The molecule has 1 aliphatic heterocycles. The van der Waals surface area contributed by atoms with Gasteiger partial charge in [-0.1, -0.05) is 12.1 Å². The van der Waals surface area contributed by atoms with Crippen LogP contribution in [0.3, 0.4) is 0 Å². The number of hydrogen-bond acceptors (Lipinski definition) is 2. The Kier molecular flexibility index (Phi) is 2.28. The maximum absolute atomic E-state index is 12.4. The molecular weight excluding hydrogens is 208 g/mol. The van der Waals surface area contributed by atoms with Crippen molar-refractivity contribution in [2.75, 3.05) is 0 Å². The first-order chi connectivity index (χ1) is 6.89. The van der Waals surface area contributed by atoms with Crippen molar-refractivity contribution in [3.05, 3.63) is 29.3 Å². The maximum atomic E-state index is 12.4. The standard InChI is InChI=1S/C9H8BF3O2/c1-5-7-4-6(9(11,12)13)2-3-8(7)10(14)15-5/h2-5,14H,1H3. The highest BCUT2D eigenvalue weighted by atomic mass is 19.4. The number of fused-ring (bicyclic) bond motifs is 1. The topological polar surface area (TPSA) is 29.5 Å². The van der Waals surface area contributed by atoms with E-state index in [4.69, 9.17) is 4.65 Å². The Balaban J connectivity index is 2.48. The highest BCUT2D eigenvalue weighted by Crippen LogP contribution is 2.32. The first-order valence-corrected chi connectivity index (χ1v) is 4.44. The zero-order valence-electron chi connectivity index (χ0n) is 7.88. The van der Waals surface area contributed by atoms with Crippen LogP contribution in [0.15, 0.2) is 18.2 Å². The molecule has 1 aromatic rings. The van der Waals surface area contributed by atoms with Gasteiger partial charge in [0.15, 0.2) is 0 Å². The van der Waals surface area contributed by atoms with Crippen LogP contribution in [-0.2, 0) is 10.8 Å². The summed E-state index contributed by atoms with van der Waals surface area (Å²) >= 11 is 0. The molecule has 1 unspecified atom stereocenters. The van der Waals surface area contributed by atoms with Gasteiger partial charge in [0.1, 0.15) is 0 Å². The predicted octanol–water partition coefficient (Wildman–Crippen LogP) is 1.48. The average molecular weight is 216 g/mol. The first-order valence-electron chi connectivity index (χ1n) is 4.44. The van der Waals surface area contributed by atoms with Crippen molar-refractivity contribution >= 4 is 12.6 Å². The molecule has 0 fully saturated rings. The second-order valence-corrected chi connectivity index (χ2v) is 3.47. The summed E-state index contributed by atoms with van der Waals surface area (Å²) in [5.74, 6) is 0. The minimum atomic E-state index is -4.36. The van der Waals surface area contributed by atoms with Gasteiger partial charge in [-0.3, -0.25) is 0 Å². The molecule has 1 aromatic carbocycles. The van der Waals surface area contributed by atoms with Crippen LogP contribution in [0.25, 0.3) is 0 Å². The van der Waals surface area contributed by atoms with Crippen LogP contribution in [0.1, 0.15) is 24.2 Å². The fourth-order valence-corrected chi connectivity index (χ4v) is 1.67. The Hall–Kier alpha value is -1.01. The van der Waals surface area contributed by atoms with E-state index in [1.54, 1.807) is 6.92 Å². The summed E-state index contributed by atoms with van der Waals surface area (Å²) in [4.78, 5) is 0. The van der Waals surface area contributed by atoms with Gasteiger partial charge in [0.25, 0.3) is 0 Å². The van der Waals surface area contributed by atoms with E-state index in [0.717, 1.165) is 12.1 Å². The lowest BCUT2D eigenvalue weighted by atomic mass is 9.79. The molecule has 6 heteroatoms. The summed E-state index contributed by atoms with van der Waals surface area (Å²) in [7, 11) is -1.11. The van der Waals surface area contributed by atoms with Gasteiger partial charge in [-0.05, 0) is 24.0 Å². The van der Waals surface area contributed by atoms with Crippen molar-refractivity contribution in [2.45, 2.75) is 19.2 Å². The molecule has 2 nitrogen and oxygen atoms in total. The molecule has 0 amide bonds. The second-order valence-electron chi connectivity index (χ2n) is 3.47. The molecule has 2 rings (SSSR count). The van der Waals surface area contributed by atoms with Crippen molar-refractivity contribution < 1.29 is 22.8 Å². The summed E-state index contributed by atoms with van der Waals surface area (Å²) in [5, 5.41) is 9.34. The van der Waals surface area contributed by atoms with Gasteiger partial charge in [-0.15, -0.1) is 0 Å². The molecule has 1 heterocycles. The Morgan fingerprint density at radius 1 is 1.40 bits per heavy atom. The lowest BCUT2D eigenvalue weighted by Gasteiger charge is -2.09. The summed E-state index contributed by atoms with van der Waals surface area (Å²) in [5.41, 5.74) is 0.0959. The van der Waals surface area contributed by atoms with Crippen LogP contribution in [0.4, 0.5) is 13.2 Å². The van der Waals surface area contributed by atoms with E-state index < -0.39 is 25.0 Å². The fourth-order valence-electron chi connectivity index (χ4n) is 1.67. The second kappa shape index (κ2) is 3.25. The number of halogens is 3. The fraction of sp³-hybridized carbons (Fsp3) is 0.333. The molecule has 1 N–H and O–H groups in total. The third-order valence-corrected chi connectivity index (χ3v) is 2.45. The Morgan fingerprint density at radius 2 is 2.07 bits per heavy atom. The van der Waals surface area contributed by atoms with E-state index in [0.29, 0.717) is 11.0 Å². The lowest BCUT2D eigenvalue weighted by molar-refractivity contribution is -0.137. The molecule has 0 aromatic heterocycles. The SMILES string of the molecule is CC1OB(O)c2ccc(C(F)(F)F)cc21. The molecule has 0 bridgehead atoms. The van der Waals surface area contributed by atoms with E-state index in [1.807, 2.05) is 0 Å². The normalized spacial score (nSPS) is 20.6. The number of rotatable bonds is 0. The number of alkyl halides is 3. The Morgan fingerprint density at radius 3 is 2.67 bits per heavy atom. The molecule has 0 radical (unpaired) electrons. The predicted molar refractivity (Wildman–Crippen MR) is 48.6 cm³/mol. The van der Waals surface area contributed by atoms with Gasteiger partial charge in [-0.25, -0.2) is 0 Å². The highest BCUT2D eigenvalue weighted by molar-refractivity contribution is 6.61. The zero-order chi connectivity index (χ0) is 11.2. The third kappa shape index (κ3) is 1.75. The number of benzene rings is 1. The smallest absolute Gasteiger partial charge is 0.423 e. The van der Waals surface area contributed by atoms with E-state index in [-0.39, 0.29) is 0 Å². The van der Waals surface area contributed by atoms with Gasteiger partial charge in [0.05, 0.1) is 11.7 Å². The van der Waals surface area contributed by atoms with Crippen molar-refractivity contribution in [3.8, 4) is 0 Å². The molecule has 0 saturated carbocycles. The van der Waals surface area contributed by atoms with Gasteiger partial charge < -0.3 is 9.68 Å². The lowest BCUT2D eigenvalue weighted by Crippen LogP contribution is -2.28. The molecule has 0 saturated heterocycles. The van der Waals surface area contributed by atoms with Gasteiger partial charge >= 0.3 is 13.3 Å². The third-order valence-electron chi connectivity index (χ3n) is 2.45. The Labute approximate surface area is 84.8 Å². The molecule has 1 atom stereocenters. The molecule has 0 spiro atoms. The Bertz CT molecular complexity index is 391. The highest BCUT2D eigenvalue weighted by Gasteiger charge is 2.36. The van der Waals surface area contributed by atoms with Crippen LogP contribution >= 0.6 is 0 Å². The minimum absolute atomic E-state index is 0.400. The van der Waals surface area contributed by atoms with E-state index in [1.165, 1.54) is 6.07 Å². The molecule has 15 heavy (non-hydrogen) atoms. The molecule has 0 aliphatic carbocycles. The van der Waals surface area contributed by atoms with Gasteiger partial charge in [0, 0.05) is 0 Å².